The van der Waals surface area contributed by atoms with Gasteiger partial charge in [-0.05, 0) is 75.4 Å². The molecule has 1 fully saturated rings. The van der Waals surface area contributed by atoms with Crippen molar-refractivity contribution in [2.45, 2.75) is 19.3 Å². The number of hydrogen-bond acceptors (Lipinski definition) is 7. The topological polar surface area (TPSA) is 93.2 Å². The molecule has 1 aliphatic rings. The highest BCUT2D eigenvalue weighted by Crippen LogP contribution is 2.43. The fraction of sp³-hybridized carbons (Fsp3) is 0.394. The van der Waals surface area contributed by atoms with Gasteiger partial charge in [0.05, 0.1) is 20.0 Å². The first-order valence-corrected chi connectivity index (χ1v) is 15.8. The zero-order chi connectivity index (χ0) is 31.3. The average Bonchev–Trinajstić information content (AvgIpc) is 3.00. The van der Waals surface area contributed by atoms with E-state index in [0.29, 0.717) is 46.7 Å². The second-order valence-electron chi connectivity index (χ2n) is 11.2. The van der Waals surface area contributed by atoms with E-state index in [0.717, 1.165) is 0 Å². The number of carbonyl (C=O) groups excluding carboxylic acids is 2. The van der Waals surface area contributed by atoms with Gasteiger partial charge in [-0.15, -0.1) is 0 Å². The Kier molecular flexibility index (Phi) is 10.4. The van der Waals surface area contributed by atoms with E-state index in [2.05, 4.69) is 0 Å². The molecule has 0 radical (unpaired) electrons. The number of halogens is 1. The van der Waals surface area contributed by atoms with E-state index in [1.54, 1.807) is 67.6 Å². The molecule has 43 heavy (non-hydrogen) atoms. The van der Waals surface area contributed by atoms with Crippen LogP contribution in [0.25, 0.3) is 0 Å². The molecule has 0 amide bonds. The maximum Gasteiger partial charge on any atom is 0.214 e. The summed E-state index contributed by atoms with van der Waals surface area (Å²) in [5, 5.41) is 0. The van der Waals surface area contributed by atoms with Crippen LogP contribution in [0.3, 0.4) is 0 Å². The number of piperidine rings is 1. The third-order valence-corrected chi connectivity index (χ3v) is 10.0. The zero-order valence-corrected chi connectivity index (χ0v) is 26.1. The molecule has 0 spiro atoms. The Bertz CT molecular complexity index is 1510. The molecular weight excluding hydrogens is 571 g/mol. The van der Waals surface area contributed by atoms with Gasteiger partial charge >= 0.3 is 0 Å². The summed E-state index contributed by atoms with van der Waals surface area (Å²) in [6.07, 6.45) is 0.390. The molecule has 0 unspecified atom stereocenters. The van der Waals surface area contributed by atoms with E-state index in [9.17, 15) is 22.4 Å². The zero-order valence-electron chi connectivity index (χ0n) is 25.2. The van der Waals surface area contributed by atoms with Gasteiger partial charge in [0, 0.05) is 42.0 Å². The van der Waals surface area contributed by atoms with Crippen LogP contribution in [0.4, 0.5) is 4.39 Å². The fourth-order valence-electron chi connectivity index (χ4n) is 5.83. The molecule has 1 aliphatic heterocycles. The van der Waals surface area contributed by atoms with Crippen LogP contribution < -0.4 is 9.47 Å². The first-order chi connectivity index (χ1) is 20.5. The quantitative estimate of drug-likeness (QED) is 0.271. The Morgan fingerprint density at radius 1 is 0.884 bits per heavy atom. The number of rotatable bonds is 12. The SMILES string of the molecule is COc1cccc(C(=O)[C@H]2CN(S(=O)(=O)CCCN(C)C)C[C@@H](C(=O)c3cccc(OC)c3)[C@@H]2c2cccc(F)c2C)c1. The molecule has 8 nitrogen and oxygen atoms in total. The molecule has 0 saturated carbocycles. The van der Waals surface area contributed by atoms with E-state index in [1.807, 2.05) is 19.0 Å². The molecular formula is C33H39FN2O6S. The second kappa shape index (κ2) is 13.8. The fourth-order valence-corrected chi connectivity index (χ4v) is 7.36. The monoisotopic (exact) mass is 610 g/mol. The number of carbonyl (C=O) groups is 2. The van der Waals surface area contributed by atoms with Crippen LogP contribution in [0.15, 0.2) is 66.7 Å². The van der Waals surface area contributed by atoms with Crippen LogP contribution in [-0.2, 0) is 10.0 Å². The van der Waals surface area contributed by atoms with Crippen molar-refractivity contribution in [2.75, 3.05) is 53.7 Å². The maximum absolute atomic E-state index is 15.0. The Morgan fingerprint density at radius 3 is 1.88 bits per heavy atom. The minimum absolute atomic E-state index is 0.130. The van der Waals surface area contributed by atoms with Gasteiger partial charge in [-0.2, -0.15) is 0 Å². The number of benzene rings is 3. The molecule has 10 heteroatoms. The number of ketones is 2. The number of Topliss-reactive ketones (excluding diaryl/α,β-unsaturated/α-hetero) is 2. The number of ether oxygens (including phenoxy) is 2. The van der Waals surface area contributed by atoms with Gasteiger partial charge in [-0.1, -0.05) is 36.4 Å². The number of hydrogen-bond donors (Lipinski definition) is 0. The van der Waals surface area contributed by atoms with Crippen molar-refractivity contribution in [3.63, 3.8) is 0 Å². The first kappa shape index (κ1) is 32.3. The summed E-state index contributed by atoms with van der Waals surface area (Å²) in [4.78, 5) is 30.5. The Labute approximate surface area is 253 Å². The van der Waals surface area contributed by atoms with Gasteiger partial charge in [0.15, 0.2) is 11.6 Å². The molecule has 1 heterocycles. The molecule has 0 aliphatic carbocycles. The smallest absolute Gasteiger partial charge is 0.214 e. The lowest BCUT2D eigenvalue weighted by atomic mass is 9.68. The van der Waals surface area contributed by atoms with E-state index >= 15 is 0 Å². The highest BCUT2D eigenvalue weighted by atomic mass is 32.2. The summed E-state index contributed by atoms with van der Waals surface area (Å²) in [6.45, 7) is 1.91. The van der Waals surface area contributed by atoms with Crippen LogP contribution in [-0.4, -0.2) is 82.9 Å². The standard InChI is InChI=1S/C33H39FN2O6S/c1-22-27(14-8-15-30(22)34)31-28(32(37)23-10-6-12-25(18-23)41-4)20-36(43(39,40)17-9-16-35(2)3)21-29(31)33(38)24-11-7-13-26(19-24)42-5/h6-8,10-15,18-19,28-29,31H,9,16-17,20-21H2,1-5H3/t28-,29+,31+. The summed E-state index contributed by atoms with van der Waals surface area (Å²) in [6, 6.07) is 17.9. The van der Waals surface area contributed by atoms with Crippen molar-refractivity contribution >= 4 is 21.6 Å². The maximum atomic E-state index is 15.0. The molecule has 230 valence electrons. The average molecular weight is 611 g/mol. The van der Waals surface area contributed by atoms with Crippen LogP contribution >= 0.6 is 0 Å². The molecule has 4 rings (SSSR count). The summed E-state index contributed by atoms with van der Waals surface area (Å²) in [7, 11) is 2.87. The Morgan fingerprint density at radius 2 is 1.40 bits per heavy atom. The van der Waals surface area contributed by atoms with Crippen molar-refractivity contribution in [1.82, 2.24) is 9.21 Å². The predicted molar refractivity (Wildman–Crippen MR) is 164 cm³/mol. The van der Waals surface area contributed by atoms with Gasteiger partial charge in [0.25, 0.3) is 0 Å². The van der Waals surface area contributed by atoms with E-state index < -0.39 is 33.6 Å². The molecule has 1 saturated heterocycles. The Hall–Kier alpha value is -3.60. The van der Waals surface area contributed by atoms with Crippen molar-refractivity contribution in [3.8, 4) is 11.5 Å². The highest BCUT2D eigenvalue weighted by molar-refractivity contribution is 7.89. The number of sulfonamides is 1. The lowest BCUT2D eigenvalue weighted by Gasteiger charge is -2.43. The number of methoxy groups -OCH3 is 2. The second-order valence-corrected chi connectivity index (χ2v) is 13.3. The minimum atomic E-state index is -3.85. The predicted octanol–water partition coefficient (Wildman–Crippen LogP) is 4.83. The molecule has 0 aromatic heterocycles. The summed E-state index contributed by atoms with van der Waals surface area (Å²) >= 11 is 0. The van der Waals surface area contributed by atoms with Crippen LogP contribution in [0.1, 0.15) is 44.2 Å². The lowest BCUT2D eigenvalue weighted by molar-refractivity contribution is 0.0694. The van der Waals surface area contributed by atoms with Gasteiger partial charge in [0.2, 0.25) is 10.0 Å². The largest absolute Gasteiger partial charge is 0.497 e. The van der Waals surface area contributed by atoms with Crippen LogP contribution in [0.5, 0.6) is 11.5 Å². The third-order valence-electron chi connectivity index (χ3n) is 8.12. The van der Waals surface area contributed by atoms with E-state index in [-0.39, 0.29) is 30.4 Å². The summed E-state index contributed by atoms with van der Waals surface area (Å²) < 4.78 is 54.4. The Balaban J connectivity index is 1.88. The van der Waals surface area contributed by atoms with Crippen LogP contribution in [0.2, 0.25) is 0 Å². The molecule has 3 atom stereocenters. The van der Waals surface area contributed by atoms with Gasteiger partial charge in [-0.3, -0.25) is 9.59 Å². The van der Waals surface area contributed by atoms with Crippen molar-refractivity contribution in [2.24, 2.45) is 11.8 Å². The summed E-state index contributed by atoms with van der Waals surface area (Å²) in [5.41, 5.74) is 1.47. The van der Waals surface area contributed by atoms with Gasteiger partial charge < -0.3 is 14.4 Å². The van der Waals surface area contributed by atoms with Gasteiger partial charge in [0.1, 0.15) is 17.3 Å². The number of nitrogens with zero attached hydrogens (tertiary/aromatic N) is 2. The first-order valence-electron chi connectivity index (χ1n) is 14.2. The van der Waals surface area contributed by atoms with Gasteiger partial charge in [-0.25, -0.2) is 17.1 Å². The van der Waals surface area contributed by atoms with E-state index in [1.165, 1.54) is 24.6 Å². The van der Waals surface area contributed by atoms with E-state index in [4.69, 9.17) is 9.47 Å². The molecule has 3 aromatic rings. The minimum Gasteiger partial charge on any atom is -0.497 e. The third kappa shape index (κ3) is 7.31. The molecule has 0 N–H and O–H groups in total. The summed E-state index contributed by atoms with van der Waals surface area (Å²) in [5.74, 6) is -3.07. The van der Waals surface area contributed by atoms with Crippen molar-refractivity contribution < 1.29 is 31.9 Å². The van der Waals surface area contributed by atoms with Crippen molar-refractivity contribution in [3.05, 3.63) is 94.8 Å². The molecule has 3 aromatic carbocycles. The highest BCUT2D eigenvalue weighted by Gasteiger charge is 2.48. The van der Waals surface area contributed by atoms with Crippen molar-refractivity contribution in [1.29, 1.82) is 0 Å². The molecule has 0 bridgehead atoms. The normalized spacial score (nSPS) is 19.3. The van der Waals surface area contributed by atoms with Crippen LogP contribution in [0, 0.1) is 24.6 Å². The lowest BCUT2D eigenvalue weighted by Crippen LogP contribution is -2.53.